The number of ether oxygens (including phenoxy) is 3. The zero-order chi connectivity index (χ0) is 23.1. The maximum Gasteiger partial charge on any atom is 0.251 e. The lowest BCUT2D eigenvalue weighted by molar-refractivity contribution is -0.115. The van der Waals surface area contributed by atoms with Crippen LogP contribution < -0.4 is 24.8 Å². The molecule has 0 aliphatic rings. The van der Waals surface area contributed by atoms with Gasteiger partial charge in [0.15, 0.2) is 16.6 Å². The van der Waals surface area contributed by atoms with Crippen molar-refractivity contribution in [2.45, 2.75) is 26.2 Å². The predicted octanol–water partition coefficient (Wildman–Crippen LogP) is 4.03. The van der Waals surface area contributed by atoms with Gasteiger partial charge in [0.05, 0.1) is 38.1 Å². The second kappa shape index (κ2) is 10.8. The third-order valence-electron chi connectivity index (χ3n) is 4.85. The number of methoxy groups -OCH3 is 3. The van der Waals surface area contributed by atoms with Crippen LogP contribution in [0.1, 0.15) is 35.7 Å². The number of aryl methyl sites for hydroxylation is 1. The number of amides is 2. The number of thiazole rings is 1. The maximum atomic E-state index is 12.5. The molecule has 0 saturated heterocycles. The summed E-state index contributed by atoms with van der Waals surface area (Å²) >= 11 is 1.42. The van der Waals surface area contributed by atoms with Crippen molar-refractivity contribution >= 4 is 38.5 Å². The summed E-state index contributed by atoms with van der Waals surface area (Å²) in [6, 6.07) is 9.21. The molecule has 3 rings (SSSR count). The lowest BCUT2D eigenvalue weighted by Gasteiger charge is -2.14. The number of unbranched alkanes of at least 4 members (excludes halogenated alkanes) is 1. The van der Waals surface area contributed by atoms with Crippen LogP contribution in [-0.2, 0) is 11.2 Å². The van der Waals surface area contributed by atoms with Gasteiger partial charge in [-0.3, -0.25) is 9.59 Å². The summed E-state index contributed by atoms with van der Waals surface area (Å²) < 4.78 is 16.8. The zero-order valence-electron chi connectivity index (χ0n) is 18.6. The van der Waals surface area contributed by atoms with E-state index in [0.717, 1.165) is 29.5 Å². The van der Waals surface area contributed by atoms with Crippen LogP contribution >= 0.6 is 11.3 Å². The van der Waals surface area contributed by atoms with Crippen molar-refractivity contribution in [1.82, 2.24) is 10.3 Å². The van der Waals surface area contributed by atoms with Crippen molar-refractivity contribution in [1.29, 1.82) is 0 Å². The van der Waals surface area contributed by atoms with E-state index in [1.165, 1.54) is 50.4 Å². The van der Waals surface area contributed by atoms with Crippen molar-refractivity contribution in [2.24, 2.45) is 0 Å². The van der Waals surface area contributed by atoms with Gasteiger partial charge in [0.25, 0.3) is 5.91 Å². The van der Waals surface area contributed by atoms with Crippen LogP contribution in [0, 0.1) is 0 Å². The number of nitrogens with zero attached hydrogens (tertiary/aromatic N) is 1. The minimum atomic E-state index is -0.440. The Bertz CT molecular complexity index is 1090. The maximum absolute atomic E-state index is 12.5. The van der Waals surface area contributed by atoms with Gasteiger partial charge in [0.1, 0.15) is 0 Å². The molecule has 2 amide bonds. The number of aromatic nitrogens is 1. The molecule has 1 aromatic heterocycles. The highest BCUT2D eigenvalue weighted by Crippen LogP contribution is 2.38. The number of carbonyl (C=O) groups is 2. The van der Waals surface area contributed by atoms with Crippen molar-refractivity contribution in [3.05, 3.63) is 41.5 Å². The Morgan fingerprint density at radius 1 is 1.03 bits per heavy atom. The predicted molar refractivity (Wildman–Crippen MR) is 125 cm³/mol. The highest BCUT2D eigenvalue weighted by Gasteiger charge is 2.18. The molecular formula is C23H27N3O5S. The fourth-order valence-electron chi connectivity index (χ4n) is 3.20. The Hall–Kier alpha value is -3.33. The van der Waals surface area contributed by atoms with E-state index < -0.39 is 5.91 Å². The fraction of sp³-hybridized carbons (Fsp3) is 0.348. The lowest BCUT2D eigenvalue weighted by atomic mass is 10.1. The third-order valence-corrected chi connectivity index (χ3v) is 5.79. The van der Waals surface area contributed by atoms with Crippen LogP contribution in [0.4, 0.5) is 5.13 Å². The first-order valence-electron chi connectivity index (χ1n) is 10.3. The summed E-state index contributed by atoms with van der Waals surface area (Å²) in [4.78, 5) is 29.3. The Balaban J connectivity index is 1.62. The van der Waals surface area contributed by atoms with Crippen LogP contribution in [0.25, 0.3) is 10.2 Å². The number of nitrogens with one attached hydrogen (secondary N) is 2. The van der Waals surface area contributed by atoms with Crippen molar-refractivity contribution in [3.8, 4) is 17.2 Å². The molecule has 0 radical (unpaired) electrons. The molecule has 32 heavy (non-hydrogen) atoms. The standard InChI is InChI=1S/C23H27N3O5S/c1-5-6-7-14-8-9-16-19(10-14)32-23(25-16)26-20(27)13-24-22(28)15-11-17(29-2)21(31-4)18(12-15)30-3/h8-12H,5-7,13H2,1-4H3,(H,24,28)(H,25,26,27). The van der Waals surface area contributed by atoms with Gasteiger partial charge in [-0.2, -0.15) is 0 Å². The molecular weight excluding hydrogens is 430 g/mol. The second-order valence-electron chi connectivity index (χ2n) is 7.07. The number of fused-ring (bicyclic) bond motifs is 1. The molecule has 9 heteroatoms. The smallest absolute Gasteiger partial charge is 0.251 e. The first kappa shape index (κ1) is 23.3. The first-order chi connectivity index (χ1) is 15.5. The highest BCUT2D eigenvalue weighted by atomic mass is 32.1. The normalized spacial score (nSPS) is 10.6. The molecule has 0 bridgehead atoms. The quantitative estimate of drug-likeness (QED) is 0.477. The average Bonchev–Trinajstić information content (AvgIpc) is 3.21. The lowest BCUT2D eigenvalue weighted by Crippen LogP contribution is -2.32. The van der Waals surface area contributed by atoms with Crippen LogP contribution in [0.5, 0.6) is 17.2 Å². The van der Waals surface area contributed by atoms with Gasteiger partial charge >= 0.3 is 0 Å². The average molecular weight is 458 g/mol. The number of hydrogen-bond donors (Lipinski definition) is 2. The molecule has 0 aliphatic heterocycles. The van der Waals surface area contributed by atoms with E-state index in [1.807, 2.05) is 6.07 Å². The summed E-state index contributed by atoms with van der Waals surface area (Å²) in [5.74, 6) is 0.293. The van der Waals surface area contributed by atoms with Crippen molar-refractivity contribution in [3.63, 3.8) is 0 Å². The topological polar surface area (TPSA) is 98.8 Å². The van der Waals surface area contributed by atoms with Gasteiger partial charge in [-0.25, -0.2) is 4.98 Å². The summed E-state index contributed by atoms with van der Waals surface area (Å²) in [5, 5.41) is 5.85. The molecule has 2 aromatic carbocycles. The Morgan fingerprint density at radius 2 is 1.75 bits per heavy atom. The Kier molecular flexibility index (Phi) is 7.88. The SMILES string of the molecule is CCCCc1ccc2nc(NC(=O)CNC(=O)c3cc(OC)c(OC)c(OC)c3)sc2c1. The minimum Gasteiger partial charge on any atom is -0.493 e. The molecule has 0 spiro atoms. The Labute approximate surface area is 190 Å². The molecule has 170 valence electrons. The molecule has 0 atom stereocenters. The molecule has 0 aliphatic carbocycles. The number of rotatable bonds is 10. The molecule has 1 heterocycles. The van der Waals surface area contributed by atoms with E-state index in [4.69, 9.17) is 14.2 Å². The summed E-state index contributed by atoms with van der Waals surface area (Å²) in [7, 11) is 4.42. The summed E-state index contributed by atoms with van der Waals surface area (Å²) in [6.07, 6.45) is 3.31. The summed E-state index contributed by atoms with van der Waals surface area (Å²) in [6.45, 7) is 1.96. The molecule has 0 unspecified atom stereocenters. The molecule has 0 saturated carbocycles. The molecule has 2 N–H and O–H groups in total. The van der Waals surface area contributed by atoms with E-state index in [-0.39, 0.29) is 18.0 Å². The van der Waals surface area contributed by atoms with Gasteiger partial charge in [-0.1, -0.05) is 30.7 Å². The van der Waals surface area contributed by atoms with Crippen LogP contribution in [-0.4, -0.2) is 44.7 Å². The first-order valence-corrected chi connectivity index (χ1v) is 11.1. The van der Waals surface area contributed by atoms with E-state index in [2.05, 4.69) is 34.7 Å². The van der Waals surface area contributed by atoms with E-state index in [1.54, 1.807) is 0 Å². The van der Waals surface area contributed by atoms with E-state index in [0.29, 0.717) is 22.4 Å². The fourth-order valence-corrected chi connectivity index (χ4v) is 4.14. The highest BCUT2D eigenvalue weighted by molar-refractivity contribution is 7.22. The molecule has 0 fully saturated rings. The monoisotopic (exact) mass is 457 g/mol. The zero-order valence-corrected chi connectivity index (χ0v) is 19.4. The largest absolute Gasteiger partial charge is 0.493 e. The van der Waals surface area contributed by atoms with Crippen LogP contribution in [0.15, 0.2) is 30.3 Å². The van der Waals surface area contributed by atoms with Crippen LogP contribution in [0.2, 0.25) is 0 Å². The van der Waals surface area contributed by atoms with Gasteiger partial charge < -0.3 is 24.8 Å². The third kappa shape index (κ3) is 5.47. The van der Waals surface area contributed by atoms with E-state index in [9.17, 15) is 9.59 Å². The number of benzene rings is 2. The van der Waals surface area contributed by atoms with Gasteiger partial charge in [-0.15, -0.1) is 0 Å². The minimum absolute atomic E-state index is 0.201. The number of anilines is 1. The van der Waals surface area contributed by atoms with E-state index >= 15 is 0 Å². The van der Waals surface area contributed by atoms with Gasteiger partial charge in [0.2, 0.25) is 11.7 Å². The van der Waals surface area contributed by atoms with Crippen LogP contribution in [0.3, 0.4) is 0 Å². The van der Waals surface area contributed by atoms with Gasteiger partial charge in [-0.05, 0) is 42.7 Å². The number of carbonyl (C=O) groups excluding carboxylic acids is 2. The molecule has 8 nitrogen and oxygen atoms in total. The second-order valence-corrected chi connectivity index (χ2v) is 8.10. The Morgan fingerprint density at radius 3 is 2.38 bits per heavy atom. The van der Waals surface area contributed by atoms with Crippen molar-refractivity contribution < 1.29 is 23.8 Å². The van der Waals surface area contributed by atoms with Crippen molar-refractivity contribution in [2.75, 3.05) is 33.2 Å². The van der Waals surface area contributed by atoms with Gasteiger partial charge in [0, 0.05) is 5.56 Å². The summed E-state index contributed by atoms with van der Waals surface area (Å²) in [5.41, 5.74) is 2.39. The molecule has 3 aromatic rings. The number of hydrogen-bond acceptors (Lipinski definition) is 7.